The highest BCUT2D eigenvalue weighted by molar-refractivity contribution is 9.09. The van der Waals surface area contributed by atoms with Gasteiger partial charge in [0.25, 0.3) is 0 Å². The van der Waals surface area contributed by atoms with Gasteiger partial charge in [0.2, 0.25) is 0 Å². The van der Waals surface area contributed by atoms with Crippen LogP contribution in [0.3, 0.4) is 0 Å². The van der Waals surface area contributed by atoms with E-state index in [-0.39, 0.29) is 17.6 Å². The normalized spacial score (nSPS) is 41.7. The average molecular weight is 449 g/mol. The third kappa shape index (κ3) is 2.48. The van der Waals surface area contributed by atoms with E-state index in [1.807, 2.05) is 0 Å². The molecule has 4 heteroatoms. The molecule has 0 amide bonds. The van der Waals surface area contributed by atoms with Crippen LogP contribution in [0.25, 0.3) is 0 Å². The summed E-state index contributed by atoms with van der Waals surface area (Å²) in [6.45, 7) is 0. The second kappa shape index (κ2) is 6.67. The van der Waals surface area contributed by atoms with Gasteiger partial charge in [0.1, 0.15) is 31.6 Å². The van der Waals surface area contributed by atoms with Crippen LogP contribution in [-0.4, -0.2) is 24.9 Å². The predicted octanol–water partition coefficient (Wildman–Crippen LogP) is 5.03. The SMILES string of the molecule is BC1CC=CC2C1OC1=CCC(Br)C=C1C21c2ccccc2OC2CCC=CC21. The molecule has 6 rings (SSSR count). The molecule has 5 aliphatic rings. The molecule has 0 N–H and O–H groups in total. The lowest BCUT2D eigenvalue weighted by atomic mass is 9.49. The first-order valence-corrected chi connectivity index (χ1v) is 11.9. The third-order valence-corrected chi connectivity index (χ3v) is 8.28. The number of rotatable bonds is 0. The summed E-state index contributed by atoms with van der Waals surface area (Å²) in [7, 11) is 2.35. The molecular formula is C25H26BBrO2. The molecule has 1 aromatic rings. The van der Waals surface area contributed by atoms with Crippen molar-refractivity contribution in [3.05, 3.63) is 77.6 Å². The summed E-state index contributed by atoms with van der Waals surface area (Å²) in [5, 5.41) is 0. The van der Waals surface area contributed by atoms with Crippen molar-refractivity contribution in [3.63, 3.8) is 0 Å². The fourth-order valence-electron chi connectivity index (χ4n) is 6.44. The Kier molecular flexibility index (Phi) is 4.17. The van der Waals surface area contributed by atoms with Crippen molar-refractivity contribution in [1.82, 2.24) is 0 Å². The molecule has 0 aromatic heterocycles. The first kappa shape index (κ1) is 18.1. The van der Waals surface area contributed by atoms with Gasteiger partial charge in [0, 0.05) is 33.2 Å². The maximum Gasteiger partial charge on any atom is 0.123 e. The number of hydrogen-bond donors (Lipinski definition) is 0. The lowest BCUT2D eigenvalue weighted by Crippen LogP contribution is -2.60. The maximum atomic E-state index is 6.73. The highest BCUT2D eigenvalue weighted by atomic mass is 79.9. The number of ether oxygens (including phenoxy) is 2. The first-order chi connectivity index (χ1) is 14.2. The van der Waals surface area contributed by atoms with Gasteiger partial charge in [-0.1, -0.05) is 64.5 Å². The zero-order valence-corrected chi connectivity index (χ0v) is 18.3. The number of benzene rings is 1. The number of allylic oxidation sites excluding steroid dienone is 5. The van der Waals surface area contributed by atoms with Crippen molar-refractivity contribution in [2.45, 2.75) is 54.0 Å². The van der Waals surface area contributed by atoms with Gasteiger partial charge in [-0.15, -0.1) is 0 Å². The first-order valence-electron chi connectivity index (χ1n) is 11.0. The van der Waals surface area contributed by atoms with Gasteiger partial charge in [-0.3, -0.25) is 0 Å². The Morgan fingerprint density at radius 1 is 1.03 bits per heavy atom. The number of fused-ring (bicyclic) bond motifs is 8. The minimum atomic E-state index is -0.136. The Balaban J connectivity index is 1.69. The lowest BCUT2D eigenvalue weighted by molar-refractivity contribution is -0.0309. The van der Waals surface area contributed by atoms with Crippen LogP contribution in [0.15, 0.2) is 72.1 Å². The van der Waals surface area contributed by atoms with Crippen molar-refractivity contribution in [1.29, 1.82) is 0 Å². The van der Waals surface area contributed by atoms with E-state index in [4.69, 9.17) is 9.47 Å². The fraction of sp³-hybridized carbons (Fsp3) is 0.440. The van der Waals surface area contributed by atoms with Crippen LogP contribution in [0, 0.1) is 11.8 Å². The number of alkyl halides is 1. The monoisotopic (exact) mass is 448 g/mol. The molecule has 0 saturated carbocycles. The van der Waals surface area contributed by atoms with E-state index in [0.717, 1.165) is 37.2 Å². The largest absolute Gasteiger partial charge is 0.490 e. The molecular weight excluding hydrogens is 423 g/mol. The van der Waals surface area contributed by atoms with Crippen molar-refractivity contribution >= 4 is 23.8 Å². The molecule has 2 aliphatic heterocycles. The molecule has 1 saturated heterocycles. The molecule has 0 bridgehead atoms. The van der Waals surface area contributed by atoms with Crippen LogP contribution in [-0.2, 0) is 10.2 Å². The second-order valence-corrected chi connectivity index (χ2v) is 10.4. The molecule has 0 radical (unpaired) electrons. The van der Waals surface area contributed by atoms with E-state index < -0.39 is 0 Å². The van der Waals surface area contributed by atoms with Crippen molar-refractivity contribution in [2.24, 2.45) is 11.8 Å². The van der Waals surface area contributed by atoms with Crippen LogP contribution in [0.2, 0.25) is 5.82 Å². The van der Waals surface area contributed by atoms with Gasteiger partial charge < -0.3 is 9.47 Å². The third-order valence-electron chi connectivity index (χ3n) is 7.64. The van der Waals surface area contributed by atoms with E-state index in [1.165, 1.54) is 11.1 Å². The number of halogens is 1. The molecule has 3 aliphatic carbocycles. The molecule has 29 heavy (non-hydrogen) atoms. The predicted molar refractivity (Wildman–Crippen MR) is 122 cm³/mol. The van der Waals surface area contributed by atoms with Gasteiger partial charge in [-0.05, 0) is 43.6 Å². The summed E-state index contributed by atoms with van der Waals surface area (Å²) in [5.41, 5.74) is 2.56. The van der Waals surface area contributed by atoms with Gasteiger partial charge in [0.15, 0.2) is 0 Å². The Hall–Kier alpha value is -1.68. The van der Waals surface area contributed by atoms with E-state index in [2.05, 4.69) is 84.5 Å². The van der Waals surface area contributed by atoms with E-state index in [9.17, 15) is 0 Å². The van der Waals surface area contributed by atoms with Gasteiger partial charge in [-0.25, -0.2) is 0 Å². The minimum absolute atomic E-state index is 0.136. The highest BCUT2D eigenvalue weighted by Crippen LogP contribution is 2.63. The maximum absolute atomic E-state index is 6.73. The smallest absolute Gasteiger partial charge is 0.123 e. The topological polar surface area (TPSA) is 18.5 Å². The average Bonchev–Trinajstić information content (AvgIpc) is 2.75. The van der Waals surface area contributed by atoms with Crippen LogP contribution >= 0.6 is 15.9 Å². The summed E-state index contributed by atoms with van der Waals surface area (Å²) >= 11 is 3.88. The summed E-state index contributed by atoms with van der Waals surface area (Å²) in [5.74, 6) is 3.32. The van der Waals surface area contributed by atoms with Crippen LogP contribution in [0.5, 0.6) is 5.75 Å². The molecule has 2 nitrogen and oxygen atoms in total. The van der Waals surface area contributed by atoms with Crippen LogP contribution in [0.4, 0.5) is 0 Å². The van der Waals surface area contributed by atoms with E-state index >= 15 is 0 Å². The Morgan fingerprint density at radius 2 is 1.90 bits per heavy atom. The molecule has 1 spiro atoms. The zero-order chi connectivity index (χ0) is 19.6. The molecule has 148 valence electrons. The molecule has 2 heterocycles. The van der Waals surface area contributed by atoms with Crippen molar-refractivity contribution < 1.29 is 9.47 Å². The lowest BCUT2D eigenvalue weighted by Gasteiger charge is -2.59. The zero-order valence-electron chi connectivity index (χ0n) is 16.8. The Bertz CT molecular complexity index is 963. The van der Waals surface area contributed by atoms with E-state index in [0.29, 0.717) is 22.5 Å². The molecule has 1 fully saturated rings. The van der Waals surface area contributed by atoms with Crippen LogP contribution < -0.4 is 4.74 Å². The van der Waals surface area contributed by atoms with Crippen molar-refractivity contribution in [3.8, 4) is 5.75 Å². The molecule has 7 atom stereocenters. The van der Waals surface area contributed by atoms with Gasteiger partial charge in [0.05, 0.1) is 0 Å². The van der Waals surface area contributed by atoms with E-state index in [1.54, 1.807) is 0 Å². The standard InChI is InChI=1S/C25H26BBrO2/c26-20-9-5-8-18-24(20)29-23-13-12-15(27)14-19(23)25(18)16-6-1-3-10-21(16)28-22-11-4-2-7-17(22)25/h1-3,5-8,10,13-15,17-18,20,22,24H,4,9,11-12,26H2. The van der Waals surface area contributed by atoms with Crippen molar-refractivity contribution in [2.75, 3.05) is 0 Å². The molecule has 1 aromatic carbocycles. The summed E-state index contributed by atoms with van der Waals surface area (Å²) in [6.07, 6.45) is 19.1. The minimum Gasteiger partial charge on any atom is -0.490 e. The number of para-hydroxylation sites is 1. The Morgan fingerprint density at radius 3 is 2.83 bits per heavy atom. The number of hydrogen-bond acceptors (Lipinski definition) is 2. The summed E-state index contributed by atoms with van der Waals surface area (Å²) in [4.78, 5) is 0.351. The highest BCUT2D eigenvalue weighted by Gasteiger charge is 2.62. The van der Waals surface area contributed by atoms with Crippen LogP contribution in [0.1, 0.15) is 31.2 Å². The summed E-state index contributed by atoms with van der Waals surface area (Å²) < 4.78 is 13.3. The quantitative estimate of drug-likeness (QED) is 0.315. The fourth-order valence-corrected chi connectivity index (χ4v) is 6.89. The summed E-state index contributed by atoms with van der Waals surface area (Å²) in [6, 6.07) is 8.76. The van der Waals surface area contributed by atoms with Gasteiger partial charge >= 0.3 is 0 Å². The van der Waals surface area contributed by atoms with Gasteiger partial charge in [-0.2, -0.15) is 0 Å². The molecule has 7 unspecified atom stereocenters. The Labute approximate surface area is 182 Å². The second-order valence-electron chi connectivity index (χ2n) is 9.20.